The van der Waals surface area contributed by atoms with Crippen LogP contribution in [0.15, 0.2) is 42.5 Å². The van der Waals surface area contributed by atoms with Crippen LogP contribution in [0.1, 0.15) is 24.8 Å². The van der Waals surface area contributed by atoms with Gasteiger partial charge in [-0.1, -0.05) is 48.9 Å². The van der Waals surface area contributed by atoms with Crippen LogP contribution >= 0.6 is 0 Å². The molecular weight excluding hydrogens is 260 g/mol. The van der Waals surface area contributed by atoms with Crippen molar-refractivity contribution in [2.45, 2.75) is 31.7 Å². The van der Waals surface area contributed by atoms with E-state index >= 15 is 0 Å². The van der Waals surface area contributed by atoms with Crippen molar-refractivity contribution in [3.05, 3.63) is 48.0 Å². The number of carbonyl (C=O) groups excluding carboxylic acids is 1. The lowest BCUT2D eigenvalue weighted by Gasteiger charge is -2.16. The van der Waals surface area contributed by atoms with Crippen molar-refractivity contribution in [3.8, 4) is 0 Å². The highest BCUT2D eigenvalue weighted by Crippen LogP contribution is 2.19. The minimum atomic E-state index is 0.125. The molecule has 3 nitrogen and oxygen atoms in total. The first kappa shape index (κ1) is 14.1. The predicted molar refractivity (Wildman–Crippen MR) is 86.3 cm³/mol. The van der Waals surface area contributed by atoms with Crippen molar-refractivity contribution in [2.75, 3.05) is 13.1 Å². The minimum Gasteiger partial charge on any atom is -0.352 e. The Kier molecular flexibility index (Phi) is 4.51. The summed E-state index contributed by atoms with van der Waals surface area (Å²) in [7, 11) is 0. The number of benzene rings is 2. The number of fused-ring (bicyclic) bond motifs is 1. The second kappa shape index (κ2) is 6.72. The van der Waals surface area contributed by atoms with E-state index in [4.69, 9.17) is 0 Å². The Morgan fingerprint density at radius 3 is 2.95 bits per heavy atom. The summed E-state index contributed by atoms with van der Waals surface area (Å²) in [5.41, 5.74) is 1.10. The number of amides is 1. The van der Waals surface area contributed by atoms with Crippen molar-refractivity contribution in [2.24, 2.45) is 0 Å². The van der Waals surface area contributed by atoms with Gasteiger partial charge in [0.25, 0.3) is 0 Å². The molecule has 0 aromatic heterocycles. The molecule has 1 fully saturated rings. The number of rotatable bonds is 3. The zero-order valence-electron chi connectivity index (χ0n) is 12.3. The summed E-state index contributed by atoms with van der Waals surface area (Å²) in [6.07, 6.45) is 3.92. The number of carbonyl (C=O) groups is 1. The average Bonchev–Trinajstić information content (AvgIpc) is 2.76. The Labute approximate surface area is 125 Å². The molecule has 2 aromatic carbocycles. The Hall–Kier alpha value is -1.87. The fraction of sp³-hybridized carbons (Fsp3) is 0.389. The maximum absolute atomic E-state index is 12.3. The molecule has 0 bridgehead atoms. The van der Waals surface area contributed by atoms with Crippen molar-refractivity contribution in [1.82, 2.24) is 10.6 Å². The topological polar surface area (TPSA) is 41.1 Å². The summed E-state index contributed by atoms with van der Waals surface area (Å²) >= 11 is 0. The maximum atomic E-state index is 12.3. The Morgan fingerprint density at radius 1 is 1.14 bits per heavy atom. The molecule has 0 saturated carbocycles. The predicted octanol–water partition coefficient (Wildman–Crippen LogP) is 2.64. The Balaban J connectivity index is 1.68. The normalized spacial score (nSPS) is 19.1. The third-order valence-corrected chi connectivity index (χ3v) is 4.14. The first-order valence-electron chi connectivity index (χ1n) is 7.79. The highest BCUT2D eigenvalue weighted by Gasteiger charge is 2.15. The van der Waals surface area contributed by atoms with Gasteiger partial charge in [0.05, 0.1) is 6.42 Å². The molecule has 1 aliphatic heterocycles. The van der Waals surface area contributed by atoms with E-state index in [1.807, 2.05) is 24.3 Å². The van der Waals surface area contributed by atoms with Gasteiger partial charge in [0.1, 0.15) is 0 Å². The van der Waals surface area contributed by atoms with Crippen LogP contribution in [0.4, 0.5) is 0 Å². The van der Waals surface area contributed by atoms with Gasteiger partial charge in [-0.3, -0.25) is 4.79 Å². The van der Waals surface area contributed by atoms with Gasteiger partial charge in [-0.15, -0.1) is 0 Å². The van der Waals surface area contributed by atoms with Gasteiger partial charge in [-0.25, -0.2) is 0 Å². The SMILES string of the molecule is O=C(Cc1cccc2ccccc12)NC1CCCCNC1. The summed E-state index contributed by atoms with van der Waals surface area (Å²) in [5, 5.41) is 8.92. The van der Waals surface area contributed by atoms with E-state index < -0.39 is 0 Å². The molecule has 21 heavy (non-hydrogen) atoms. The van der Waals surface area contributed by atoms with Crippen LogP contribution in [0.25, 0.3) is 10.8 Å². The van der Waals surface area contributed by atoms with Crippen LogP contribution in [0.5, 0.6) is 0 Å². The summed E-state index contributed by atoms with van der Waals surface area (Å²) < 4.78 is 0. The molecule has 0 radical (unpaired) electrons. The molecule has 0 spiro atoms. The van der Waals surface area contributed by atoms with Crippen LogP contribution in [0, 0.1) is 0 Å². The van der Waals surface area contributed by atoms with Gasteiger partial charge in [0, 0.05) is 12.6 Å². The molecular formula is C18H22N2O. The lowest BCUT2D eigenvalue weighted by atomic mass is 10.0. The molecule has 1 atom stereocenters. The molecule has 1 heterocycles. The number of hydrogen-bond donors (Lipinski definition) is 2. The third-order valence-electron chi connectivity index (χ3n) is 4.14. The summed E-state index contributed by atoms with van der Waals surface area (Å²) in [6, 6.07) is 14.7. The monoisotopic (exact) mass is 282 g/mol. The van der Waals surface area contributed by atoms with Crippen LogP contribution in [0.3, 0.4) is 0 Å². The van der Waals surface area contributed by atoms with Gasteiger partial charge >= 0.3 is 0 Å². The molecule has 3 heteroatoms. The largest absolute Gasteiger partial charge is 0.352 e. The van der Waals surface area contributed by atoms with E-state index in [-0.39, 0.29) is 11.9 Å². The van der Waals surface area contributed by atoms with E-state index in [0.717, 1.165) is 25.1 Å². The number of hydrogen-bond acceptors (Lipinski definition) is 2. The van der Waals surface area contributed by atoms with Crippen molar-refractivity contribution in [1.29, 1.82) is 0 Å². The molecule has 0 aliphatic carbocycles. The summed E-state index contributed by atoms with van der Waals surface area (Å²) in [5.74, 6) is 0.125. The van der Waals surface area contributed by atoms with E-state index in [1.165, 1.54) is 23.6 Å². The first-order chi connectivity index (χ1) is 10.3. The lowest BCUT2D eigenvalue weighted by Crippen LogP contribution is -2.41. The maximum Gasteiger partial charge on any atom is 0.224 e. The second-order valence-corrected chi connectivity index (χ2v) is 5.78. The van der Waals surface area contributed by atoms with Crippen LogP contribution in [-0.2, 0) is 11.2 Å². The van der Waals surface area contributed by atoms with E-state index in [9.17, 15) is 4.79 Å². The number of nitrogens with one attached hydrogen (secondary N) is 2. The third kappa shape index (κ3) is 3.61. The first-order valence-corrected chi connectivity index (χ1v) is 7.79. The molecule has 2 N–H and O–H groups in total. The molecule has 1 aliphatic rings. The van der Waals surface area contributed by atoms with E-state index in [2.05, 4.69) is 28.8 Å². The van der Waals surface area contributed by atoms with Crippen LogP contribution in [0.2, 0.25) is 0 Å². The second-order valence-electron chi connectivity index (χ2n) is 5.78. The quantitative estimate of drug-likeness (QED) is 0.908. The highest BCUT2D eigenvalue weighted by atomic mass is 16.1. The van der Waals surface area contributed by atoms with E-state index in [1.54, 1.807) is 0 Å². The smallest absolute Gasteiger partial charge is 0.224 e. The standard InChI is InChI=1S/C18H22N2O/c21-18(20-16-9-3-4-11-19-13-16)12-15-8-5-7-14-6-1-2-10-17(14)15/h1-2,5-8,10,16,19H,3-4,9,11-13H2,(H,20,21). The summed E-state index contributed by atoms with van der Waals surface area (Å²) in [6.45, 7) is 1.96. The molecule has 110 valence electrons. The Bertz CT molecular complexity index is 610. The lowest BCUT2D eigenvalue weighted by molar-refractivity contribution is -0.121. The van der Waals surface area contributed by atoms with Crippen molar-refractivity contribution < 1.29 is 4.79 Å². The van der Waals surface area contributed by atoms with Crippen molar-refractivity contribution >= 4 is 16.7 Å². The van der Waals surface area contributed by atoms with Crippen LogP contribution < -0.4 is 10.6 Å². The highest BCUT2D eigenvalue weighted by molar-refractivity contribution is 5.90. The minimum absolute atomic E-state index is 0.125. The van der Waals surface area contributed by atoms with Crippen LogP contribution in [-0.4, -0.2) is 25.0 Å². The molecule has 2 aromatic rings. The van der Waals surface area contributed by atoms with Gasteiger partial charge in [0.2, 0.25) is 5.91 Å². The zero-order chi connectivity index (χ0) is 14.5. The van der Waals surface area contributed by atoms with Gasteiger partial charge < -0.3 is 10.6 Å². The fourth-order valence-electron chi connectivity index (χ4n) is 3.04. The van der Waals surface area contributed by atoms with Crippen molar-refractivity contribution in [3.63, 3.8) is 0 Å². The van der Waals surface area contributed by atoms with Gasteiger partial charge in [-0.2, -0.15) is 0 Å². The molecule has 3 rings (SSSR count). The molecule has 1 saturated heterocycles. The average molecular weight is 282 g/mol. The van der Waals surface area contributed by atoms with Gasteiger partial charge in [0.15, 0.2) is 0 Å². The zero-order valence-corrected chi connectivity index (χ0v) is 12.3. The molecule has 1 unspecified atom stereocenters. The molecule has 1 amide bonds. The van der Waals surface area contributed by atoms with E-state index in [0.29, 0.717) is 6.42 Å². The fourth-order valence-corrected chi connectivity index (χ4v) is 3.04. The Morgan fingerprint density at radius 2 is 2.00 bits per heavy atom. The van der Waals surface area contributed by atoms with Gasteiger partial charge in [-0.05, 0) is 35.7 Å². The summed E-state index contributed by atoms with van der Waals surface area (Å²) in [4.78, 5) is 12.3.